The first-order valence-corrected chi connectivity index (χ1v) is 11.4. The summed E-state index contributed by atoms with van der Waals surface area (Å²) in [5, 5.41) is 8.53. The Labute approximate surface area is 192 Å². The van der Waals surface area contributed by atoms with Crippen molar-refractivity contribution in [3.63, 3.8) is 0 Å². The summed E-state index contributed by atoms with van der Waals surface area (Å²) in [6, 6.07) is 14.5. The van der Waals surface area contributed by atoms with Crippen LogP contribution in [0.4, 0.5) is 16.2 Å². The molecule has 8 heteroatoms. The van der Waals surface area contributed by atoms with Gasteiger partial charge < -0.3 is 16.0 Å². The van der Waals surface area contributed by atoms with Crippen molar-refractivity contribution < 1.29 is 4.39 Å². The molecule has 7 nitrogen and oxygen atoms in total. The van der Waals surface area contributed by atoms with Gasteiger partial charge in [0, 0.05) is 18.7 Å². The van der Waals surface area contributed by atoms with Gasteiger partial charge in [0.05, 0.1) is 16.8 Å². The summed E-state index contributed by atoms with van der Waals surface area (Å²) in [4.78, 5) is 11.8. The Morgan fingerprint density at radius 2 is 1.85 bits per heavy atom. The van der Waals surface area contributed by atoms with E-state index in [1.54, 1.807) is 22.9 Å². The van der Waals surface area contributed by atoms with Gasteiger partial charge in [-0.25, -0.2) is 14.1 Å². The van der Waals surface area contributed by atoms with E-state index >= 15 is 0 Å². The van der Waals surface area contributed by atoms with E-state index < -0.39 is 0 Å². The molecule has 0 radical (unpaired) electrons. The number of nitrogens with two attached hydrogens (primary N) is 1. The van der Waals surface area contributed by atoms with E-state index in [2.05, 4.69) is 25.3 Å². The minimum absolute atomic E-state index is 0.362. The first-order valence-electron chi connectivity index (χ1n) is 11.4. The Balaban J connectivity index is 1.56. The smallest absolute Gasteiger partial charge is 0.225 e. The molecule has 0 amide bonds. The number of likely N-dealkylation sites (tertiary alicyclic amines) is 1. The monoisotopic (exact) mass is 445 g/mol. The standard InChI is InChI=1S/C25H28FN7/c1-17-8-7-9-18(16-17)33-23(27)21-22(19-10-3-4-11-20(19)26)29-25(30-24(21)31-33)28-12-15-32-13-5-2-6-14-32/h3-4,7-11,16H,2,5-6,12-15,27H2,1H3,(H,28,30,31). The number of rotatable bonds is 6. The van der Waals surface area contributed by atoms with Crippen LogP contribution in [-0.2, 0) is 0 Å². The molecule has 2 aromatic carbocycles. The number of nitrogen functional groups attached to an aromatic ring is 1. The molecule has 33 heavy (non-hydrogen) atoms. The van der Waals surface area contributed by atoms with Crippen molar-refractivity contribution in [3.05, 3.63) is 59.9 Å². The summed E-state index contributed by atoms with van der Waals surface area (Å²) < 4.78 is 16.4. The molecule has 0 aliphatic carbocycles. The molecule has 0 atom stereocenters. The van der Waals surface area contributed by atoms with Gasteiger partial charge in [-0.15, -0.1) is 5.10 Å². The molecule has 170 valence electrons. The van der Waals surface area contributed by atoms with Gasteiger partial charge in [0.1, 0.15) is 11.6 Å². The molecule has 0 saturated carbocycles. The maximum absolute atomic E-state index is 14.8. The van der Waals surface area contributed by atoms with Crippen LogP contribution in [0.5, 0.6) is 0 Å². The molecule has 0 spiro atoms. The van der Waals surface area contributed by atoms with E-state index in [1.165, 1.54) is 25.3 Å². The largest absolute Gasteiger partial charge is 0.383 e. The van der Waals surface area contributed by atoms with Crippen LogP contribution < -0.4 is 11.1 Å². The molecule has 4 aromatic rings. The predicted molar refractivity (Wildman–Crippen MR) is 130 cm³/mol. The first kappa shape index (κ1) is 21.3. The molecule has 1 aliphatic rings. The van der Waals surface area contributed by atoms with Crippen LogP contribution in [0, 0.1) is 12.7 Å². The van der Waals surface area contributed by atoms with Crippen LogP contribution in [0.15, 0.2) is 48.5 Å². The third kappa shape index (κ3) is 4.39. The number of benzene rings is 2. The van der Waals surface area contributed by atoms with Crippen LogP contribution >= 0.6 is 0 Å². The van der Waals surface area contributed by atoms with Gasteiger partial charge >= 0.3 is 0 Å². The topological polar surface area (TPSA) is 84.9 Å². The highest BCUT2D eigenvalue weighted by Crippen LogP contribution is 2.34. The van der Waals surface area contributed by atoms with E-state index in [0.717, 1.165) is 30.9 Å². The summed E-state index contributed by atoms with van der Waals surface area (Å²) >= 11 is 0. The highest BCUT2D eigenvalue weighted by Gasteiger charge is 2.21. The van der Waals surface area contributed by atoms with Gasteiger partial charge in [0.15, 0.2) is 5.65 Å². The van der Waals surface area contributed by atoms with Gasteiger partial charge in [0.25, 0.3) is 0 Å². The zero-order valence-electron chi connectivity index (χ0n) is 18.8. The van der Waals surface area contributed by atoms with Crippen LogP contribution in [0.2, 0.25) is 0 Å². The Kier molecular flexibility index (Phi) is 5.92. The number of nitrogens with one attached hydrogen (secondary N) is 1. The zero-order valence-corrected chi connectivity index (χ0v) is 18.8. The Hall–Kier alpha value is -3.52. The number of hydrogen-bond donors (Lipinski definition) is 2. The van der Waals surface area contributed by atoms with Crippen LogP contribution in [0.3, 0.4) is 0 Å². The zero-order chi connectivity index (χ0) is 22.8. The van der Waals surface area contributed by atoms with Crippen molar-refractivity contribution in [3.8, 4) is 16.9 Å². The summed E-state index contributed by atoms with van der Waals surface area (Å²) in [7, 11) is 0. The van der Waals surface area contributed by atoms with E-state index in [9.17, 15) is 4.39 Å². The average Bonchev–Trinajstić information content (AvgIpc) is 3.16. The maximum atomic E-state index is 14.8. The molecule has 5 rings (SSSR count). The van der Waals surface area contributed by atoms with Crippen molar-refractivity contribution in [2.24, 2.45) is 0 Å². The Morgan fingerprint density at radius 1 is 1.03 bits per heavy atom. The SMILES string of the molecule is Cc1cccc(-n2nc3nc(NCCN4CCCCC4)nc(-c4ccccc4F)c3c2N)c1. The van der Waals surface area contributed by atoms with Gasteiger partial charge in [-0.1, -0.05) is 30.7 Å². The second kappa shape index (κ2) is 9.15. The van der Waals surface area contributed by atoms with Crippen molar-refractivity contribution in [2.45, 2.75) is 26.2 Å². The van der Waals surface area contributed by atoms with E-state index in [4.69, 9.17) is 5.73 Å². The molecular formula is C25H28FN7. The molecule has 1 aliphatic heterocycles. The first-order chi connectivity index (χ1) is 16.1. The number of nitrogens with zero attached hydrogens (tertiary/aromatic N) is 5. The highest BCUT2D eigenvalue weighted by molar-refractivity contribution is 5.99. The molecule has 0 unspecified atom stereocenters. The van der Waals surface area contributed by atoms with Crippen LogP contribution in [0.1, 0.15) is 24.8 Å². The van der Waals surface area contributed by atoms with Crippen LogP contribution in [0.25, 0.3) is 28.0 Å². The van der Waals surface area contributed by atoms with Gasteiger partial charge in [-0.05, 0) is 62.7 Å². The number of aryl methyl sites for hydroxylation is 1. The average molecular weight is 446 g/mol. The second-order valence-corrected chi connectivity index (χ2v) is 8.54. The number of hydrogen-bond acceptors (Lipinski definition) is 6. The number of fused-ring (bicyclic) bond motifs is 1. The molecule has 3 heterocycles. The van der Waals surface area contributed by atoms with Crippen molar-refractivity contribution >= 4 is 22.8 Å². The second-order valence-electron chi connectivity index (χ2n) is 8.54. The van der Waals surface area contributed by atoms with E-state index in [-0.39, 0.29) is 5.82 Å². The summed E-state index contributed by atoms with van der Waals surface area (Å²) in [5.41, 5.74) is 9.69. The fourth-order valence-electron chi connectivity index (χ4n) is 4.40. The minimum atomic E-state index is -0.362. The summed E-state index contributed by atoms with van der Waals surface area (Å²) in [6.45, 7) is 5.88. The van der Waals surface area contributed by atoms with E-state index in [1.807, 2.05) is 31.2 Å². The fraction of sp³-hybridized carbons (Fsp3) is 0.320. The number of anilines is 2. The van der Waals surface area contributed by atoms with E-state index in [0.29, 0.717) is 40.6 Å². The van der Waals surface area contributed by atoms with Gasteiger partial charge in [-0.2, -0.15) is 4.98 Å². The molecule has 2 aromatic heterocycles. The summed E-state index contributed by atoms with van der Waals surface area (Å²) in [5.74, 6) is 0.444. The molecule has 1 fully saturated rings. The molecule has 0 bridgehead atoms. The number of piperidine rings is 1. The lowest BCUT2D eigenvalue weighted by molar-refractivity contribution is 0.237. The van der Waals surface area contributed by atoms with Crippen molar-refractivity contribution in [1.82, 2.24) is 24.6 Å². The third-order valence-corrected chi connectivity index (χ3v) is 6.10. The normalized spacial score (nSPS) is 14.6. The summed E-state index contributed by atoms with van der Waals surface area (Å²) in [6.07, 6.45) is 3.80. The van der Waals surface area contributed by atoms with Crippen LogP contribution in [-0.4, -0.2) is 50.8 Å². The predicted octanol–water partition coefficient (Wildman–Crippen LogP) is 4.41. The number of halogens is 1. The van der Waals surface area contributed by atoms with Gasteiger partial charge in [-0.3, -0.25) is 0 Å². The molecule has 3 N–H and O–H groups in total. The number of aromatic nitrogens is 4. The lowest BCUT2D eigenvalue weighted by Crippen LogP contribution is -2.33. The lowest BCUT2D eigenvalue weighted by Gasteiger charge is -2.26. The highest BCUT2D eigenvalue weighted by atomic mass is 19.1. The third-order valence-electron chi connectivity index (χ3n) is 6.10. The maximum Gasteiger partial charge on any atom is 0.225 e. The minimum Gasteiger partial charge on any atom is -0.383 e. The fourth-order valence-corrected chi connectivity index (χ4v) is 4.40. The lowest BCUT2D eigenvalue weighted by atomic mass is 10.1. The Morgan fingerprint density at radius 3 is 2.64 bits per heavy atom. The molecule has 1 saturated heterocycles. The Bertz CT molecular complexity index is 1280. The van der Waals surface area contributed by atoms with Gasteiger partial charge in [0.2, 0.25) is 5.95 Å². The van der Waals surface area contributed by atoms with Crippen molar-refractivity contribution in [1.29, 1.82) is 0 Å². The quantitative estimate of drug-likeness (QED) is 0.457. The van der Waals surface area contributed by atoms with Crippen molar-refractivity contribution in [2.75, 3.05) is 37.2 Å². The molecular weight excluding hydrogens is 417 g/mol.